The van der Waals surface area contributed by atoms with Crippen LogP contribution in [-0.2, 0) is 6.54 Å². The van der Waals surface area contributed by atoms with Crippen LogP contribution < -0.4 is 5.32 Å². The molecule has 96 valence electrons. The van der Waals surface area contributed by atoms with Gasteiger partial charge in [-0.15, -0.1) is 0 Å². The number of rotatable bonds is 3. The van der Waals surface area contributed by atoms with Crippen LogP contribution in [0.15, 0.2) is 41.1 Å². The lowest BCUT2D eigenvalue weighted by atomic mass is 10.1. The fraction of sp³-hybridized carbons (Fsp3) is 0.143. The summed E-state index contributed by atoms with van der Waals surface area (Å²) in [6.45, 7) is 0.140. The second-order valence-electron chi connectivity index (χ2n) is 3.71. The van der Waals surface area contributed by atoms with Gasteiger partial charge in [-0.1, -0.05) is 17.0 Å². The number of aromatic nitrogens is 1. The molecule has 0 aliphatic heterocycles. The van der Waals surface area contributed by atoms with E-state index in [4.69, 9.17) is 5.11 Å². The molecule has 0 unspecified atom stereocenters. The minimum absolute atomic E-state index is 0.181. The minimum atomic E-state index is -0.190. The van der Waals surface area contributed by atoms with Gasteiger partial charge in [0.1, 0.15) is 18.6 Å². The van der Waals surface area contributed by atoms with Crippen molar-refractivity contribution < 1.29 is 14.4 Å². The molecule has 0 aliphatic carbocycles. The van der Waals surface area contributed by atoms with Crippen molar-refractivity contribution in [2.45, 2.75) is 6.54 Å². The summed E-state index contributed by atoms with van der Waals surface area (Å²) in [5.74, 6) is 5.11. The van der Waals surface area contributed by atoms with Gasteiger partial charge in [-0.2, -0.15) is 0 Å². The molecule has 0 aliphatic rings. The molecule has 1 aromatic carbocycles. The van der Waals surface area contributed by atoms with E-state index in [1.54, 1.807) is 30.3 Å². The Morgan fingerprint density at radius 3 is 2.74 bits per heavy atom. The van der Waals surface area contributed by atoms with Crippen LogP contribution in [0.2, 0.25) is 0 Å². The van der Waals surface area contributed by atoms with Crippen molar-refractivity contribution in [1.29, 1.82) is 0 Å². The highest BCUT2D eigenvalue weighted by atomic mass is 16.5. The first-order valence-corrected chi connectivity index (χ1v) is 5.67. The second kappa shape index (κ2) is 6.38. The molecule has 2 aromatic rings. The molecule has 0 spiro atoms. The Morgan fingerprint density at radius 1 is 1.32 bits per heavy atom. The Balaban J connectivity index is 1.95. The van der Waals surface area contributed by atoms with E-state index < -0.39 is 0 Å². The molecule has 0 radical (unpaired) electrons. The third kappa shape index (κ3) is 3.69. The molecule has 0 bridgehead atoms. The van der Waals surface area contributed by atoms with Gasteiger partial charge in [-0.05, 0) is 24.3 Å². The van der Waals surface area contributed by atoms with Crippen molar-refractivity contribution in [3.05, 3.63) is 53.4 Å². The van der Waals surface area contributed by atoms with Crippen molar-refractivity contribution >= 4 is 5.91 Å². The van der Waals surface area contributed by atoms with Gasteiger partial charge in [0.15, 0.2) is 0 Å². The molecule has 2 rings (SSSR count). The summed E-state index contributed by atoms with van der Waals surface area (Å²) in [4.78, 5) is 11.8. The number of aliphatic hydroxyl groups excluding tert-OH is 1. The monoisotopic (exact) mass is 256 g/mol. The van der Waals surface area contributed by atoms with Crippen molar-refractivity contribution in [2.24, 2.45) is 0 Å². The highest BCUT2D eigenvalue weighted by Gasteiger charge is 2.05. The third-order valence-corrected chi connectivity index (χ3v) is 2.38. The SMILES string of the molecule is O=C(NCc1ccon1)c1ccc(C#CCO)cc1. The van der Waals surface area contributed by atoms with Crippen LogP contribution in [0.5, 0.6) is 0 Å². The number of carbonyl (C=O) groups is 1. The topological polar surface area (TPSA) is 75.4 Å². The maximum absolute atomic E-state index is 11.8. The van der Waals surface area contributed by atoms with Crippen LogP contribution in [0.3, 0.4) is 0 Å². The number of aliphatic hydroxyl groups is 1. The third-order valence-electron chi connectivity index (χ3n) is 2.38. The first-order valence-electron chi connectivity index (χ1n) is 5.67. The molecule has 5 nitrogen and oxygen atoms in total. The van der Waals surface area contributed by atoms with Gasteiger partial charge in [0.2, 0.25) is 0 Å². The lowest BCUT2D eigenvalue weighted by Gasteiger charge is -2.02. The summed E-state index contributed by atoms with van der Waals surface area (Å²) in [5.41, 5.74) is 1.96. The summed E-state index contributed by atoms with van der Waals surface area (Å²) in [6, 6.07) is 8.51. The Kier molecular flexibility index (Phi) is 4.32. The normalized spacial score (nSPS) is 9.53. The van der Waals surface area contributed by atoms with Crippen LogP contribution in [0.4, 0.5) is 0 Å². The quantitative estimate of drug-likeness (QED) is 0.802. The smallest absolute Gasteiger partial charge is 0.251 e. The van der Waals surface area contributed by atoms with Gasteiger partial charge in [-0.25, -0.2) is 0 Å². The first kappa shape index (κ1) is 12.9. The summed E-state index contributed by atoms with van der Waals surface area (Å²) in [7, 11) is 0. The van der Waals surface area contributed by atoms with E-state index in [0.717, 1.165) is 5.56 Å². The van der Waals surface area contributed by atoms with Gasteiger partial charge in [-0.3, -0.25) is 4.79 Å². The average molecular weight is 256 g/mol. The number of hydrogen-bond donors (Lipinski definition) is 2. The number of amides is 1. The zero-order chi connectivity index (χ0) is 13.5. The predicted molar refractivity (Wildman–Crippen MR) is 68.1 cm³/mol. The number of carbonyl (C=O) groups excluding carboxylic acids is 1. The number of nitrogens with one attached hydrogen (secondary N) is 1. The summed E-state index contributed by atoms with van der Waals surface area (Å²) < 4.78 is 4.67. The van der Waals surface area contributed by atoms with Crippen molar-refractivity contribution in [1.82, 2.24) is 10.5 Å². The molecule has 1 aromatic heterocycles. The first-order chi connectivity index (χ1) is 9.29. The number of benzene rings is 1. The average Bonchev–Trinajstić information content (AvgIpc) is 2.96. The fourth-order valence-electron chi connectivity index (χ4n) is 1.45. The Morgan fingerprint density at radius 2 is 2.11 bits per heavy atom. The van der Waals surface area contributed by atoms with Crippen molar-refractivity contribution in [3.63, 3.8) is 0 Å². The van der Waals surface area contributed by atoms with E-state index in [2.05, 4.69) is 26.8 Å². The van der Waals surface area contributed by atoms with E-state index in [1.165, 1.54) is 6.26 Å². The molecule has 1 heterocycles. The van der Waals surface area contributed by atoms with E-state index in [1.807, 2.05) is 0 Å². The molecule has 0 fully saturated rings. The highest BCUT2D eigenvalue weighted by Crippen LogP contribution is 2.04. The van der Waals surface area contributed by atoms with Crippen LogP contribution in [0, 0.1) is 11.8 Å². The van der Waals surface area contributed by atoms with E-state index in [-0.39, 0.29) is 12.5 Å². The van der Waals surface area contributed by atoms with Crippen LogP contribution in [-0.4, -0.2) is 22.8 Å². The molecule has 0 saturated carbocycles. The van der Waals surface area contributed by atoms with Crippen LogP contribution >= 0.6 is 0 Å². The lowest BCUT2D eigenvalue weighted by Crippen LogP contribution is -2.22. The largest absolute Gasteiger partial charge is 0.384 e. The number of nitrogens with zero attached hydrogens (tertiary/aromatic N) is 1. The molecule has 2 N–H and O–H groups in total. The predicted octanol–water partition coefficient (Wildman–Crippen LogP) is 0.948. The van der Waals surface area contributed by atoms with E-state index in [0.29, 0.717) is 17.8 Å². The lowest BCUT2D eigenvalue weighted by molar-refractivity contribution is 0.0950. The van der Waals surface area contributed by atoms with Gasteiger partial charge < -0.3 is 14.9 Å². The van der Waals surface area contributed by atoms with E-state index >= 15 is 0 Å². The van der Waals surface area contributed by atoms with Crippen LogP contribution in [0.1, 0.15) is 21.6 Å². The molecule has 0 saturated heterocycles. The maximum Gasteiger partial charge on any atom is 0.251 e. The van der Waals surface area contributed by atoms with Crippen molar-refractivity contribution in [2.75, 3.05) is 6.61 Å². The molecule has 0 atom stereocenters. The van der Waals surface area contributed by atoms with Crippen LogP contribution in [0.25, 0.3) is 0 Å². The zero-order valence-electron chi connectivity index (χ0n) is 10.1. The molecular weight excluding hydrogens is 244 g/mol. The van der Waals surface area contributed by atoms with Gasteiger partial charge in [0.25, 0.3) is 5.91 Å². The molecule has 1 amide bonds. The Labute approximate surface area is 110 Å². The maximum atomic E-state index is 11.8. The number of hydrogen-bond acceptors (Lipinski definition) is 4. The Bertz CT molecular complexity index is 592. The minimum Gasteiger partial charge on any atom is -0.384 e. The van der Waals surface area contributed by atoms with Gasteiger partial charge >= 0.3 is 0 Å². The second-order valence-corrected chi connectivity index (χ2v) is 3.71. The highest BCUT2D eigenvalue weighted by molar-refractivity contribution is 5.94. The summed E-state index contributed by atoms with van der Waals surface area (Å²) in [6.07, 6.45) is 1.45. The summed E-state index contributed by atoms with van der Waals surface area (Å²) >= 11 is 0. The zero-order valence-corrected chi connectivity index (χ0v) is 10.1. The molecular formula is C14H12N2O3. The molecule has 5 heteroatoms. The van der Waals surface area contributed by atoms with E-state index in [9.17, 15) is 4.79 Å². The van der Waals surface area contributed by atoms with Gasteiger partial charge in [0, 0.05) is 17.2 Å². The van der Waals surface area contributed by atoms with Gasteiger partial charge in [0.05, 0.1) is 6.54 Å². The molecule has 19 heavy (non-hydrogen) atoms. The summed E-state index contributed by atoms with van der Waals surface area (Å²) in [5, 5.41) is 15.0. The fourth-order valence-corrected chi connectivity index (χ4v) is 1.45. The van der Waals surface area contributed by atoms with Crippen molar-refractivity contribution in [3.8, 4) is 11.8 Å². The Hall–Kier alpha value is -2.58. The standard InChI is InChI=1S/C14H12N2O3/c17-8-1-2-11-3-5-12(6-4-11)14(18)15-10-13-7-9-19-16-13/h3-7,9,17H,8,10H2,(H,15,18).